The van der Waals surface area contributed by atoms with Crippen molar-refractivity contribution in [3.05, 3.63) is 76.9 Å². The number of benzene rings is 2. The van der Waals surface area contributed by atoms with E-state index in [2.05, 4.69) is 17.1 Å². The van der Waals surface area contributed by atoms with Crippen LogP contribution in [0.5, 0.6) is 0 Å². The summed E-state index contributed by atoms with van der Waals surface area (Å²) in [6.07, 6.45) is 2.59. The summed E-state index contributed by atoms with van der Waals surface area (Å²) in [7, 11) is 0. The van der Waals surface area contributed by atoms with Crippen molar-refractivity contribution in [2.75, 3.05) is 0 Å². The Hall–Kier alpha value is -1.90. The zero-order valence-corrected chi connectivity index (χ0v) is 11.7. The van der Waals surface area contributed by atoms with Crippen LogP contribution in [-0.2, 0) is 6.42 Å². The number of nitrogens with zero attached hydrogens (tertiary/aromatic N) is 1. The van der Waals surface area contributed by atoms with Gasteiger partial charge in [0.15, 0.2) is 0 Å². The molecule has 0 saturated heterocycles. The van der Waals surface area contributed by atoms with Crippen LogP contribution in [0.2, 0.25) is 5.02 Å². The van der Waals surface area contributed by atoms with Gasteiger partial charge in [-0.1, -0.05) is 48.0 Å². The van der Waals surface area contributed by atoms with Crippen molar-refractivity contribution >= 4 is 22.5 Å². The monoisotopic (exact) mass is 282 g/mol. The number of pyridine rings is 1. The van der Waals surface area contributed by atoms with E-state index in [9.17, 15) is 0 Å². The highest BCUT2D eigenvalue weighted by molar-refractivity contribution is 6.31. The van der Waals surface area contributed by atoms with E-state index in [-0.39, 0.29) is 6.04 Å². The molecule has 0 radical (unpaired) electrons. The van der Waals surface area contributed by atoms with Crippen LogP contribution >= 0.6 is 11.6 Å². The van der Waals surface area contributed by atoms with Gasteiger partial charge in [-0.2, -0.15) is 0 Å². The third kappa shape index (κ3) is 2.67. The predicted octanol–water partition coefficient (Wildman–Crippen LogP) is 4.13. The van der Waals surface area contributed by atoms with Crippen LogP contribution < -0.4 is 5.73 Å². The molecule has 1 heterocycles. The van der Waals surface area contributed by atoms with Gasteiger partial charge in [-0.25, -0.2) is 0 Å². The van der Waals surface area contributed by atoms with Crippen molar-refractivity contribution in [1.29, 1.82) is 0 Å². The molecule has 3 aromatic rings. The lowest BCUT2D eigenvalue weighted by Crippen LogP contribution is -2.13. The highest BCUT2D eigenvalue weighted by Crippen LogP contribution is 2.24. The molecule has 0 aliphatic rings. The van der Waals surface area contributed by atoms with Crippen LogP contribution in [-0.4, -0.2) is 4.98 Å². The van der Waals surface area contributed by atoms with Crippen molar-refractivity contribution in [2.24, 2.45) is 5.73 Å². The van der Waals surface area contributed by atoms with Crippen molar-refractivity contribution in [3.63, 3.8) is 0 Å². The quantitative estimate of drug-likeness (QED) is 0.784. The molecule has 3 heteroatoms. The molecule has 0 fully saturated rings. The first-order valence-electron chi connectivity index (χ1n) is 6.58. The van der Waals surface area contributed by atoms with Crippen LogP contribution in [0.4, 0.5) is 0 Å². The summed E-state index contributed by atoms with van der Waals surface area (Å²) >= 11 is 6.01. The van der Waals surface area contributed by atoms with Gasteiger partial charge in [0.25, 0.3) is 0 Å². The van der Waals surface area contributed by atoms with E-state index in [1.165, 1.54) is 5.56 Å². The number of rotatable bonds is 3. The molecular weight excluding hydrogens is 268 g/mol. The van der Waals surface area contributed by atoms with Gasteiger partial charge in [-0.05, 0) is 35.7 Å². The Kier molecular flexibility index (Phi) is 3.68. The molecule has 2 N–H and O–H groups in total. The summed E-state index contributed by atoms with van der Waals surface area (Å²) in [5, 5.41) is 1.82. The van der Waals surface area contributed by atoms with Crippen molar-refractivity contribution < 1.29 is 0 Å². The minimum absolute atomic E-state index is 0.0162. The Morgan fingerprint density at radius 2 is 1.85 bits per heavy atom. The zero-order valence-electron chi connectivity index (χ0n) is 11.0. The van der Waals surface area contributed by atoms with E-state index >= 15 is 0 Å². The Morgan fingerprint density at radius 1 is 1.05 bits per heavy atom. The first-order chi connectivity index (χ1) is 9.74. The molecule has 20 heavy (non-hydrogen) atoms. The van der Waals surface area contributed by atoms with Crippen molar-refractivity contribution in [3.8, 4) is 0 Å². The van der Waals surface area contributed by atoms with Gasteiger partial charge < -0.3 is 5.73 Å². The summed E-state index contributed by atoms with van der Waals surface area (Å²) in [5.74, 6) is 0. The fraction of sp³-hybridized carbons (Fsp3) is 0.118. The lowest BCUT2D eigenvalue weighted by Gasteiger charge is -2.13. The third-order valence-corrected chi connectivity index (χ3v) is 3.70. The largest absolute Gasteiger partial charge is 0.324 e. The molecule has 0 aliphatic carbocycles. The summed E-state index contributed by atoms with van der Waals surface area (Å²) in [4.78, 5) is 4.36. The maximum absolute atomic E-state index is 6.30. The Balaban J connectivity index is 1.95. The van der Waals surface area contributed by atoms with Crippen molar-refractivity contribution in [2.45, 2.75) is 12.5 Å². The highest BCUT2D eigenvalue weighted by atomic mass is 35.5. The molecule has 2 aromatic carbocycles. The second kappa shape index (κ2) is 5.61. The zero-order chi connectivity index (χ0) is 13.9. The number of hydrogen-bond donors (Lipinski definition) is 1. The van der Waals surface area contributed by atoms with Crippen LogP contribution in [0.3, 0.4) is 0 Å². The standard InChI is InChI=1S/C17H15ClN2/c18-14-6-7-15-13(8-9-20-17(15)11-14)10-16(19)12-4-2-1-3-5-12/h1-9,11,16H,10,19H2. The van der Waals surface area contributed by atoms with Gasteiger partial charge in [0, 0.05) is 22.6 Å². The van der Waals surface area contributed by atoms with Crippen LogP contribution in [0.1, 0.15) is 17.2 Å². The molecule has 3 rings (SSSR count). The number of nitrogens with two attached hydrogens (primary N) is 1. The highest BCUT2D eigenvalue weighted by Gasteiger charge is 2.09. The maximum Gasteiger partial charge on any atom is 0.0719 e. The third-order valence-electron chi connectivity index (χ3n) is 3.46. The number of halogens is 1. The SMILES string of the molecule is NC(Cc1ccnc2cc(Cl)ccc12)c1ccccc1. The predicted molar refractivity (Wildman–Crippen MR) is 83.8 cm³/mol. The van der Waals surface area contributed by atoms with Gasteiger partial charge in [-0.15, -0.1) is 0 Å². The van der Waals surface area contributed by atoms with E-state index in [0.29, 0.717) is 5.02 Å². The van der Waals surface area contributed by atoms with E-state index in [4.69, 9.17) is 17.3 Å². The number of hydrogen-bond acceptors (Lipinski definition) is 2. The molecule has 0 spiro atoms. The molecule has 2 nitrogen and oxygen atoms in total. The molecule has 1 atom stereocenters. The molecule has 0 aliphatic heterocycles. The molecule has 0 saturated carbocycles. The smallest absolute Gasteiger partial charge is 0.0719 e. The molecule has 100 valence electrons. The lowest BCUT2D eigenvalue weighted by molar-refractivity contribution is 0.725. The molecule has 1 unspecified atom stereocenters. The average molecular weight is 283 g/mol. The van der Waals surface area contributed by atoms with Crippen LogP contribution in [0.15, 0.2) is 60.8 Å². The summed E-state index contributed by atoms with van der Waals surface area (Å²) in [5.41, 5.74) is 9.56. The summed E-state index contributed by atoms with van der Waals surface area (Å²) in [6, 6.07) is 17.9. The summed E-state index contributed by atoms with van der Waals surface area (Å²) < 4.78 is 0. The topological polar surface area (TPSA) is 38.9 Å². The lowest BCUT2D eigenvalue weighted by atomic mass is 9.97. The van der Waals surface area contributed by atoms with E-state index in [1.54, 1.807) is 0 Å². The minimum atomic E-state index is -0.0162. The first kappa shape index (κ1) is 13.1. The van der Waals surface area contributed by atoms with E-state index in [0.717, 1.165) is 22.9 Å². The van der Waals surface area contributed by atoms with Crippen LogP contribution in [0.25, 0.3) is 10.9 Å². The fourth-order valence-electron chi connectivity index (χ4n) is 2.41. The minimum Gasteiger partial charge on any atom is -0.324 e. The number of fused-ring (bicyclic) bond motifs is 1. The molecule has 1 aromatic heterocycles. The van der Waals surface area contributed by atoms with Gasteiger partial charge in [0.1, 0.15) is 0 Å². The first-order valence-corrected chi connectivity index (χ1v) is 6.95. The second-order valence-electron chi connectivity index (χ2n) is 4.85. The molecular formula is C17H15ClN2. The second-order valence-corrected chi connectivity index (χ2v) is 5.29. The van der Waals surface area contributed by atoms with Crippen LogP contribution in [0, 0.1) is 0 Å². The van der Waals surface area contributed by atoms with Gasteiger partial charge in [-0.3, -0.25) is 4.98 Å². The normalized spacial score (nSPS) is 12.5. The average Bonchev–Trinajstić information content (AvgIpc) is 2.48. The maximum atomic E-state index is 6.30. The van der Waals surface area contributed by atoms with Gasteiger partial charge in [0.05, 0.1) is 5.52 Å². The molecule has 0 amide bonds. The van der Waals surface area contributed by atoms with Gasteiger partial charge in [0.2, 0.25) is 0 Å². The Bertz CT molecular complexity index is 725. The Morgan fingerprint density at radius 3 is 2.65 bits per heavy atom. The number of aromatic nitrogens is 1. The Labute approximate surface area is 123 Å². The van der Waals surface area contributed by atoms with Gasteiger partial charge >= 0.3 is 0 Å². The van der Waals surface area contributed by atoms with E-state index < -0.39 is 0 Å². The molecule has 0 bridgehead atoms. The fourth-order valence-corrected chi connectivity index (χ4v) is 2.58. The summed E-state index contributed by atoms with van der Waals surface area (Å²) in [6.45, 7) is 0. The van der Waals surface area contributed by atoms with Crippen molar-refractivity contribution in [1.82, 2.24) is 4.98 Å². The van der Waals surface area contributed by atoms with E-state index in [1.807, 2.05) is 48.7 Å².